The summed E-state index contributed by atoms with van der Waals surface area (Å²) in [6, 6.07) is 8.06. The van der Waals surface area contributed by atoms with E-state index in [1.54, 1.807) is 0 Å². The van der Waals surface area contributed by atoms with Crippen molar-refractivity contribution in [3.63, 3.8) is 0 Å². The van der Waals surface area contributed by atoms with Gasteiger partial charge >= 0.3 is 0 Å². The molecule has 0 aliphatic heterocycles. The standard InChI is InChI=1S/C16H24N2O/c1-11(14(19)18-15(2,3)4)12-7-5-6-8-13(12)16(17)9-10-16/h5-8,11H,9-10,17H2,1-4H3,(H,18,19). The van der Waals surface area contributed by atoms with E-state index in [1.807, 2.05) is 45.9 Å². The molecule has 3 N–H and O–H groups in total. The molecule has 1 aliphatic carbocycles. The van der Waals surface area contributed by atoms with Crippen molar-refractivity contribution in [1.82, 2.24) is 5.32 Å². The number of amides is 1. The molecule has 0 spiro atoms. The van der Waals surface area contributed by atoms with Crippen molar-refractivity contribution in [1.29, 1.82) is 0 Å². The molecule has 3 nitrogen and oxygen atoms in total. The van der Waals surface area contributed by atoms with Gasteiger partial charge in [-0.05, 0) is 51.7 Å². The zero-order valence-electron chi connectivity index (χ0n) is 12.3. The molecule has 19 heavy (non-hydrogen) atoms. The summed E-state index contributed by atoms with van der Waals surface area (Å²) in [6.45, 7) is 7.93. The predicted molar refractivity (Wildman–Crippen MR) is 77.9 cm³/mol. The zero-order chi connectivity index (χ0) is 14.3. The maximum Gasteiger partial charge on any atom is 0.227 e. The van der Waals surface area contributed by atoms with Crippen molar-refractivity contribution in [3.05, 3.63) is 35.4 Å². The number of carbonyl (C=O) groups is 1. The molecule has 1 aromatic rings. The van der Waals surface area contributed by atoms with Crippen LogP contribution in [0, 0.1) is 0 Å². The molecule has 0 saturated heterocycles. The number of hydrogen-bond acceptors (Lipinski definition) is 2. The smallest absolute Gasteiger partial charge is 0.227 e. The Bertz CT molecular complexity index is 484. The van der Waals surface area contributed by atoms with Crippen molar-refractivity contribution < 1.29 is 4.79 Å². The average molecular weight is 260 g/mol. The summed E-state index contributed by atoms with van der Waals surface area (Å²) in [5.74, 6) is -0.111. The van der Waals surface area contributed by atoms with Crippen LogP contribution < -0.4 is 11.1 Å². The normalized spacial score (nSPS) is 18.8. The Labute approximate surface area is 115 Å². The molecular weight excluding hydrogens is 236 g/mol. The third-order valence-electron chi connectivity index (χ3n) is 3.64. The van der Waals surface area contributed by atoms with Crippen LogP contribution >= 0.6 is 0 Å². The lowest BCUT2D eigenvalue weighted by atomic mass is 9.89. The third kappa shape index (κ3) is 3.16. The van der Waals surface area contributed by atoms with E-state index in [0.29, 0.717) is 0 Å². The second kappa shape index (κ2) is 4.64. The molecule has 2 rings (SSSR count). The first-order valence-corrected chi connectivity index (χ1v) is 6.93. The lowest BCUT2D eigenvalue weighted by Gasteiger charge is -2.25. The number of hydrogen-bond donors (Lipinski definition) is 2. The lowest BCUT2D eigenvalue weighted by molar-refractivity contribution is -0.123. The van der Waals surface area contributed by atoms with Crippen molar-refractivity contribution in [2.24, 2.45) is 5.73 Å². The van der Waals surface area contributed by atoms with Gasteiger partial charge in [-0.25, -0.2) is 0 Å². The molecule has 104 valence electrons. The van der Waals surface area contributed by atoms with Crippen LogP contribution in [0.5, 0.6) is 0 Å². The van der Waals surface area contributed by atoms with Gasteiger partial charge in [0.05, 0.1) is 5.92 Å². The van der Waals surface area contributed by atoms with Crippen LogP contribution in [-0.4, -0.2) is 11.4 Å². The maximum absolute atomic E-state index is 12.3. The van der Waals surface area contributed by atoms with E-state index in [-0.39, 0.29) is 22.9 Å². The van der Waals surface area contributed by atoms with Gasteiger partial charge in [0.2, 0.25) is 5.91 Å². The van der Waals surface area contributed by atoms with E-state index in [4.69, 9.17) is 5.73 Å². The van der Waals surface area contributed by atoms with Gasteiger partial charge in [-0.15, -0.1) is 0 Å². The van der Waals surface area contributed by atoms with Crippen LogP contribution in [0.15, 0.2) is 24.3 Å². The van der Waals surface area contributed by atoms with E-state index in [2.05, 4.69) is 11.4 Å². The van der Waals surface area contributed by atoms with Crippen LogP contribution in [0.25, 0.3) is 0 Å². The number of nitrogens with one attached hydrogen (secondary N) is 1. The molecule has 1 amide bonds. The third-order valence-corrected chi connectivity index (χ3v) is 3.64. The Balaban J connectivity index is 2.24. The van der Waals surface area contributed by atoms with Gasteiger partial charge in [-0.2, -0.15) is 0 Å². The van der Waals surface area contributed by atoms with Crippen LogP contribution in [0.2, 0.25) is 0 Å². The van der Waals surface area contributed by atoms with E-state index >= 15 is 0 Å². The van der Waals surface area contributed by atoms with Crippen LogP contribution in [-0.2, 0) is 10.3 Å². The van der Waals surface area contributed by atoms with Gasteiger partial charge in [0.1, 0.15) is 0 Å². The van der Waals surface area contributed by atoms with Crippen molar-refractivity contribution in [3.8, 4) is 0 Å². The second-order valence-corrected chi connectivity index (χ2v) is 6.70. The van der Waals surface area contributed by atoms with E-state index < -0.39 is 0 Å². The van der Waals surface area contributed by atoms with Gasteiger partial charge in [-0.1, -0.05) is 24.3 Å². The number of carbonyl (C=O) groups excluding carboxylic acids is 1. The first-order chi connectivity index (χ1) is 8.73. The first-order valence-electron chi connectivity index (χ1n) is 6.93. The first kappa shape index (κ1) is 14.1. The molecule has 3 heteroatoms. The Morgan fingerprint density at radius 3 is 2.42 bits per heavy atom. The summed E-state index contributed by atoms with van der Waals surface area (Å²) in [4.78, 5) is 12.3. The minimum atomic E-state index is -0.208. The summed E-state index contributed by atoms with van der Waals surface area (Å²) in [5.41, 5.74) is 8.08. The van der Waals surface area contributed by atoms with Gasteiger partial charge in [0.15, 0.2) is 0 Å². The van der Waals surface area contributed by atoms with E-state index in [0.717, 1.165) is 24.0 Å². The molecule has 1 aliphatic rings. The largest absolute Gasteiger partial charge is 0.351 e. The second-order valence-electron chi connectivity index (χ2n) is 6.70. The summed E-state index contributed by atoms with van der Waals surface area (Å²) in [5, 5.41) is 3.04. The van der Waals surface area contributed by atoms with E-state index in [9.17, 15) is 4.79 Å². The minimum absolute atomic E-state index is 0.0594. The average Bonchev–Trinajstić information content (AvgIpc) is 3.05. The van der Waals surface area contributed by atoms with Gasteiger partial charge < -0.3 is 11.1 Å². The molecule has 1 fully saturated rings. The minimum Gasteiger partial charge on any atom is -0.351 e. The lowest BCUT2D eigenvalue weighted by Crippen LogP contribution is -2.43. The van der Waals surface area contributed by atoms with Gasteiger partial charge in [0.25, 0.3) is 0 Å². The number of nitrogens with two attached hydrogens (primary N) is 1. The molecule has 0 radical (unpaired) electrons. The Hall–Kier alpha value is -1.35. The maximum atomic E-state index is 12.3. The van der Waals surface area contributed by atoms with Crippen molar-refractivity contribution >= 4 is 5.91 Å². The summed E-state index contributed by atoms with van der Waals surface area (Å²) < 4.78 is 0. The summed E-state index contributed by atoms with van der Waals surface area (Å²) in [7, 11) is 0. The summed E-state index contributed by atoms with van der Waals surface area (Å²) >= 11 is 0. The predicted octanol–water partition coefficient (Wildman–Crippen LogP) is 2.65. The monoisotopic (exact) mass is 260 g/mol. The Morgan fingerprint density at radius 2 is 1.89 bits per heavy atom. The molecule has 1 unspecified atom stereocenters. The van der Waals surface area contributed by atoms with Crippen LogP contribution in [0.3, 0.4) is 0 Å². The van der Waals surface area contributed by atoms with Crippen LogP contribution in [0.1, 0.15) is 57.6 Å². The molecule has 1 saturated carbocycles. The molecule has 0 heterocycles. The highest BCUT2D eigenvalue weighted by atomic mass is 16.2. The number of benzene rings is 1. The fraction of sp³-hybridized carbons (Fsp3) is 0.562. The SMILES string of the molecule is CC(C(=O)NC(C)(C)C)c1ccccc1C1(N)CC1. The van der Waals surface area contributed by atoms with Gasteiger partial charge in [0, 0.05) is 11.1 Å². The highest BCUT2D eigenvalue weighted by molar-refractivity contribution is 5.84. The Morgan fingerprint density at radius 1 is 1.32 bits per heavy atom. The highest BCUT2D eigenvalue weighted by Crippen LogP contribution is 2.45. The number of rotatable bonds is 3. The molecule has 0 bridgehead atoms. The van der Waals surface area contributed by atoms with Crippen LogP contribution in [0.4, 0.5) is 0 Å². The molecule has 0 aromatic heterocycles. The fourth-order valence-corrected chi connectivity index (χ4v) is 2.35. The molecular formula is C16H24N2O. The highest BCUT2D eigenvalue weighted by Gasteiger charge is 2.42. The quantitative estimate of drug-likeness (QED) is 0.878. The molecule has 1 aromatic carbocycles. The van der Waals surface area contributed by atoms with Gasteiger partial charge in [-0.3, -0.25) is 4.79 Å². The Kier molecular flexibility index (Phi) is 3.43. The zero-order valence-corrected chi connectivity index (χ0v) is 12.3. The fourth-order valence-electron chi connectivity index (χ4n) is 2.35. The van der Waals surface area contributed by atoms with Crippen molar-refractivity contribution in [2.75, 3.05) is 0 Å². The molecule has 1 atom stereocenters. The van der Waals surface area contributed by atoms with Crippen molar-refractivity contribution in [2.45, 2.75) is 57.5 Å². The topological polar surface area (TPSA) is 55.1 Å². The van der Waals surface area contributed by atoms with E-state index in [1.165, 1.54) is 0 Å². The summed E-state index contributed by atoms with van der Waals surface area (Å²) in [6.07, 6.45) is 2.02.